The number of imidazole rings is 1. The van der Waals surface area contributed by atoms with Gasteiger partial charge in [0.2, 0.25) is 0 Å². The third kappa shape index (κ3) is 2.79. The van der Waals surface area contributed by atoms with Gasteiger partial charge in [-0.2, -0.15) is 0 Å². The fourth-order valence-corrected chi connectivity index (χ4v) is 1.18. The van der Waals surface area contributed by atoms with Crippen LogP contribution in [0, 0.1) is 0 Å². The lowest BCUT2D eigenvalue weighted by Gasteiger charge is -1.90. The van der Waals surface area contributed by atoms with Crippen LogP contribution in [0.15, 0.2) is 11.4 Å². The zero-order valence-electron chi connectivity index (χ0n) is 6.35. The van der Waals surface area contributed by atoms with Gasteiger partial charge in [-0.1, -0.05) is 11.8 Å². The Morgan fingerprint density at radius 1 is 1.54 bits per heavy atom. The third-order valence-electron chi connectivity index (χ3n) is 1.12. The molecule has 0 spiro atoms. The summed E-state index contributed by atoms with van der Waals surface area (Å²) in [5, 5.41) is 17.1. The number of aromatic carboxylic acids is 1. The first-order chi connectivity index (χ1) is 6.09. The average molecular weight is 202 g/mol. The largest absolute Gasteiger partial charge is 0.481 e. The SMILES string of the molecule is O=C(O)CSc1ncc(C(=O)O)[nH]1. The lowest BCUT2D eigenvalue weighted by molar-refractivity contribution is -0.133. The molecule has 7 heteroatoms. The van der Waals surface area contributed by atoms with Crippen molar-refractivity contribution in [1.82, 2.24) is 9.97 Å². The van der Waals surface area contributed by atoms with Gasteiger partial charge in [0.05, 0.1) is 11.9 Å². The molecule has 0 aliphatic rings. The maximum atomic E-state index is 10.4. The summed E-state index contributed by atoms with van der Waals surface area (Å²) < 4.78 is 0. The van der Waals surface area contributed by atoms with Gasteiger partial charge in [0.1, 0.15) is 5.69 Å². The average Bonchev–Trinajstić information content (AvgIpc) is 2.48. The number of H-pyrrole nitrogens is 1. The van der Waals surface area contributed by atoms with Crippen molar-refractivity contribution in [3.63, 3.8) is 0 Å². The molecule has 0 bridgehead atoms. The van der Waals surface area contributed by atoms with Crippen molar-refractivity contribution in [1.29, 1.82) is 0 Å². The molecular formula is C6H6N2O4S. The number of nitrogens with one attached hydrogen (secondary N) is 1. The molecule has 0 radical (unpaired) electrons. The van der Waals surface area contributed by atoms with Crippen LogP contribution >= 0.6 is 11.8 Å². The van der Waals surface area contributed by atoms with E-state index >= 15 is 0 Å². The van der Waals surface area contributed by atoms with E-state index < -0.39 is 11.9 Å². The van der Waals surface area contributed by atoms with Gasteiger partial charge < -0.3 is 15.2 Å². The number of hydrogen-bond donors (Lipinski definition) is 3. The molecule has 0 fully saturated rings. The van der Waals surface area contributed by atoms with E-state index in [9.17, 15) is 9.59 Å². The van der Waals surface area contributed by atoms with Crippen LogP contribution in [0.2, 0.25) is 0 Å². The molecule has 0 atom stereocenters. The summed E-state index contributed by atoms with van der Waals surface area (Å²) in [4.78, 5) is 26.6. The first-order valence-corrected chi connectivity index (χ1v) is 4.21. The first kappa shape index (κ1) is 9.59. The van der Waals surface area contributed by atoms with E-state index in [1.807, 2.05) is 0 Å². The number of carbonyl (C=O) groups is 2. The van der Waals surface area contributed by atoms with E-state index in [0.717, 1.165) is 18.0 Å². The number of rotatable bonds is 4. The van der Waals surface area contributed by atoms with Gasteiger partial charge in [-0.25, -0.2) is 9.78 Å². The van der Waals surface area contributed by atoms with Crippen LogP contribution in [0.1, 0.15) is 10.5 Å². The monoisotopic (exact) mass is 202 g/mol. The molecule has 3 N–H and O–H groups in total. The molecule has 0 unspecified atom stereocenters. The van der Waals surface area contributed by atoms with Gasteiger partial charge >= 0.3 is 11.9 Å². The normalized spacial score (nSPS) is 9.85. The number of thioether (sulfide) groups is 1. The second-order valence-electron chi connectivity index (χ2n) is 2.09. The fraction of sp³-hybridized carbons (Fsp3) is 0.167. The summed E-state index contributed by atoms with van der Waals surface area (Å²) >= 11 is 0.937. The van der Waals surface area contributed by atoms with Gasteiger partial charge in [0.15, 0.2) is 5.16 Å². The Kier molecular flexibility index (Phi) is 2.91. The molecule has 1 aromatic heterocycles. The first-order valence-electron chi connectivity index (χ1n) is 3.22. The van der Waals surface area contributed by atoms with Gasteiger partial charge in [-0.3, -0.25) is 4.79 Å². The molecule has 0 amide bonds. The van der Waals surface area contributed by atoms with Crippen molar-refractivity contribution in [2.24, 2.45) is 0 Å². The highest BCUT2D eigenvalue weighted by atomic mass is 32.2. The van der Waals surface area contributed by atoms with Crippen molar-refractivity contribution in [2.75, 3.05) is 5.75 Å². The van der Waals surface area contributed by atoms with Crippen molar-refractivity contribution in [3.8, 4) is 0 Å². The van der Waals surface area contributed by atoms with Crippen LogP contribution in [0.25, 0.3) is 0 Å². The predicted octanol–water partition coefficient (Wildman–Crippen LogP) is 0.285. The maximum absolute atomic E-state index is 10.4. The highest BCUT2D eigenvalue weighted by Gasteiger charge is 2.08. The molecule has 70 valence electrons. The smallest absolute Gasteiger partial charge is 0.353 e. The van der Waals surface area contributed by atoms with E-state index in [1.165, 1.54) is 0 Å². The number of aromatic amines is 1. The number of carboxylic acid groups (broad SMARTS) is 2. The Morgan fingerprint density at radius 3 is 2.69 bits per heavy atom. The quantitative estimate of drug-likeness (QED) is 0.606. The molecule has 0 saturated carbocycles. The molecule has 0 saturated heterocycles. The van der Waals surface area contributed by atoms with Crippen molar-refractivity contribution >= 4 is 23.7 Å². The van der Waals surface area contributed by atoms with Gasteiger partial charge in [0, 0.05) is 0 Å². The molecule has 1 aromatic rings. The minimum Gasteiger partial charge on any atom is -0.481 e. The molecule has 6 nitrogen and oxygen atoms in total. The topological polar surface area (TPSA) is 103 Å². The van der Waals surface area contributed by atoms with E-state index in [4.69, 9.17) is 10.2 Å². The predicted molar refractivity (Wildman–Crippen MR) is 43.9 cm³/mol. The zero-order chi connectivity index (χ0) is 9.84. The van der Waals surface area contributed by atoms with Crippen LogP contribution in [-0.4, -0.2) is 37.9 Å². The van der Waals surface area contributed by atoms with E-state index in [2.05, 4.69) is 9.97 Å². The molecule has 0 aliphatic heterocycles. The second kappa shape index (κ2) is 3.94. The number of aromatic nitrogens is 2. The Labute approximate surface area is 77.0 Å². The third-order valence-corrected chi connectivity index (χ3v) is 1.99. The van der Waals surface area contributed by atoms with Crippen LogP contribution in [0.4, 0.5) is 0 Å². The molecular weight excluding hydrogens is 196 g/mol. The Hall–Kier alpha value is -1.50. The summed E-state index contributed by atoms with van der Waals surface area (Å²) in [5.74, 6) is -2.24. The minimum absolute atomic E-state index is 0.0483. The Morgan fingerprint density at radius 2 is 2.23 bits per heavy atom. The minimum atomic E-state index is -1.12. The van der Waals surface area contributed by atoms with Crippen molar-refractivity contribution in [3.05, 3.63) is 11.9 Å². The Balaban J connectivity index is 2.59. The van der Waals surface area contributed by atoms with E-state index in [-0.39, 0.29) is 11.4 Å². The zero-order valence-corrected chi connectivity index (χ0v) is 7.17. The lowest BCUT2D eigenvalue weighted by Crippen LogP contribution is -1.98. The van der Waals surface area contributed by atoms with Gasteiger partial charge in [-0.15, -0.1) is 0 Å². The number of nitrogens with zero attached hydrogens (tertiary/aromatic N) is 1. The number of carboxylic acids is 2. The maximum Gasteiger partial charge on any atom is 0.353 e. The lowest BCUT2D eigenvalue weighted by atomic mass is 10.5. The van der Waals surface area contributed by atoms with Crippen LogP contribution in [0.5, 0.6) is 0 Å². The number of hydrogen-bond acceptors (Lipinski definition) is 4. The summed E-state index contributed by atoms with van der Waals surface area (Å²) in [6, 6.07) is 0. The molecule has 13 heavy (non-hydrogen) atoms. The summed E-state index contributed by atoms with van der Waals surface area (Å²) in [6.07, 6.45) is 1.15. The molecule has 1 heterocycles. The summed E-state index contributed by atoms with van der Waals surface area (Å²) in [6.45, 7) is 0. The van der Waals surface area contributed by atoms with E-state index in [0.29, 0.717) is 5.16 Å². The summed E-state index contributed by atoms with van der Waals surface area (Å²) in [7, 11) is 0. The van der Waals surface area contributed by atoms with Crippen LogP contribution < -0.4 is 0 Å². The second-order valence-corrected chi connectivity index (χ2v) is 3.05. The molecule has 0 aromatic carbocycles. The standard InChI is InChI=1S/C6H6N2O4S/c9-4(10)2-13-6-7-1-3(8-6)5(11)12/h1H,2H2,(H,7,8)(H,9,10)(H,11,12). The van der Waals surface area contributed by atoms with Crippen molar-refractivity contribution in [2.45, 2.75) is 5.16 Å². The van der Waals surface area contributed by atoms with Crippen molar-refractivity contribution < 1.29 is 19.8 Å². The summed E-state index contributed by atoms with van der Waals surface area (Å²) in [5.41, 5.74) is -0.0483. The number of aliphatic carboxylic acids is 1. The van der Waals surface area contributed by atoms with Crippen LogP contribution in [-0.2, 0) is 4.79 Å². The molecule has 0 aliphatic carbocycles. The fourth-order valence-electron chi connectivity index (χ4n) is 0.615. The van der Waals surface area contributed by atoms with Gasteiger partial charge in [0.25, 0.3) is 0 Å². The highest BCUT2D eigenvalue weighted by molar-refractivity contribution is 7.99. The highest BCUT2D eigenvalue weighted by Crippen LogP contribution is 2.12. The van der Waals surface area contributed by atoms with Gasteiger partial charge in [-0.05, 0) is 0 Å². The Bertz CT molecular complexity index is 335. The van der Waals surface area contributed by atoms with E-state index in [1.54, 1.807) is 0 Å². The van der Waals surface area contributed by atoms with Crippen LogP contribution in [0.3, 0.4) is 0 Å². The molecule has 1 rings (SSSR count).